The maximum atomic E-state index is 13.7. The normalized spacial score (nSPS) is 16.0. The first-order valence-electron chi connectivity index (χ1n) is 9.28. The van der Waals surface area contributed by atoms with Crippen molar-refractivity contribution in [2.75, 3.05) is 4.90 Å². The van der Waals surface area contributed by atoms with Crippen molar-refractivity contribution in [2.24, 2.45) is 0 Å². The van der Waals surface area contributed by atoms with Gasteiger partial charge in [0.2, 0.25) is 0 Å². The van der Waals surface area contributed by atoms with Crippen LogP contribution in [0.3, 0.4) is 0 Å². The molecule has 4 heterocycles. The Bertz CT molecular complexity index is 1220. The monoisotopic (exact) mass is 389 g/mol. The Labute approximate surface area is 166 Å². The predicted molar refractivity (Wildman–Crippen MR) is 111 cm³/mol. The summed E-state index contributed by atoms with van der Waals surface area (Å²) in [7, 11) is 0. The standard InChI is InChI=1S/C22H19N3O2S/c1-12-10-15-6-4-5-7-18(15)25(12)22(26)16-11-17(19-9-8-13(2)28-19)23-21-20(16)14(3)24-27-21/h4-9,11-12H,10H2,1-3H3/t12-/m0/s1. The van der Waals surface area contributed by atoms with E-state index in [2.05, 4.69) is 36.1 Å². The van der Waals surface area contributed by atoms with Crippen LogP contribution in [0.1, 0.15) is 33.4 Å². The third-order valence-electron chi connectivity index (χ3n) is 5.27. The summed E-state index contributed by atoms with van der Waals surface area (Å²) >= 11 is 1.65. The largest absolute Gasteiger partial charge is 0.335 e. The van der Waals surface area contributed by atoms with Crippen LogP contribution in [0, 0.1) is 13.8 Å². The van der Waals surface area contributed by atoms with Gasteiger partial charge in [0, 0.05) is 16.6 Å². The van der Waals surface area contributed by atoms with E-state index in [1.807, 2.05) is 42.2 Å². The van der Waals surface area contributed by atoms with E-state index in [1.54, 1.807) is 11.3 Å². The molecule has 0 unspecified atom stereocenters. The third kappa shape index (κ3) is 2.56. The number of aryl methyl sites for hydroxylation is 2. The first-order chi connectivity index (χ1) is 13.5. The first kappa shape index (κ1) is 17.1. The Hall–Kier alpha value is -2.99. The lowest BCUT2D eigenvalue weighted by Crippen LogP contribution is -2.35. The fraction of sp³-hybridized carbons (Fsp3) is 0.227. The minimum Gasteiger partial charge on any atom is -0.335 e. The lowest BCUT2D eigenvalue weighted by Gasteiger charge is -2.23. The van der Waals surface area contributed by atoms with E-state index in [0.717, 1.165) is 22.7 Å². The number of para-hydroxylation sites is 1. The molecule has 5 rings (SSSR count). The van der Waals surface area contributed by atoms with Gasteiger partial charge in [-0.1, -0.05) is 23.4 Å². The molecular weight excluding hydrogens is 370 g/mol. The number of anilines is 1. The van der Waals surface area contributed by atoms with Crippen LogP contribution in [-0.2, 0) is 6.42 Å². The second-order valence-corrected chi connectivity index (χ2v) is 8.56. The number of thiophene rings is 1. The Kier molecular flexibility index (Phi) is 3.84. The zero-order chi connectivity index (χ0) is 19.4. The van der Waals surface area contributed by atoms with Crippen molar-refractivity contribution in [3.8, 4) is 10.6 Å². The van der Waals surface area contributed by atoms with Gasteiger partial charge in [0.15, 0.2) is 0 Å². The van der Waals surface area contributed by atoms with Crippen LogP contribution >= 0.6 is 11.3 Å². The second kappa shape index (κ2) is 6.27. The van der Waals surface area contributed by atoms with Gasteiger partial charge in [0.1, 0.15) is 0 Å². The van der Waals surface area contributed by atoms with E-state index < -0.39 is 0 Å². The van der Waals surface area contributed by atoms with Crippen LogP contribution in [-0.4, -0.2) is 22.1 Å². The Morgan fingerprint density at radius 2 is 2.04 bits per heavy atom. The molecule has 1 aliphatic heterocycles. The smallest absolute Gasteiger partial charge is 0.259 e. The topological polar surface area (TPSA) is 59.2 Å². The van der Waals surface area contributed by atoms with E-state index in [9.17, 15) is 4.79 Å². The van der Waals surface area contributed by atoms with Crippen molar-refractivity contribution in [1.29, 1.82) is 0 Å². The summed E-state index contributed by atoms with van der Waals surface area (Å²) in [5.74, 6) is -0.0364. The number of carbonyl (C=O) groups is 1. The molecule has 0 aliphatic carbocycles. The van der Waals surface area contributed by atoms with Gasteiger partial charge < -0.3 is 9.42 Å². The third-order valence-corrected chi connectivity index (χ3v) is 6.29. The molecule has 6 heteroatoms. The van der Waals surface area contributed by atoms with Crippen LogP contribution in [0.4, 0.5) is 5.69 Å². The molecule has 1 aromatic carbocycles. The quantitative estimate of drug-likeness (QED) is 0.475. The van der Waals surface area contributed by atoms with Crippen molar-refractivity contribution in [3.63, 3.8) is 0 Å². The van der Waals surface area contributed by atoms with Gasteiger partial charge in [-0.2, -0.15) is 0 Å². The van der Waals surface area contributed by atoms with Crippen molar-refractivity contribution in [3.05, 3.63) is 64.2 Å². The van der Waals surface area contributed by atoms with Gasteiger partial charge in [-0.05, 0) is 57.0 Å². The summed E-state index contributed by atoms with van der Waals surface area (Å²) < 4.78 is 5.44. The van der Waals surface area contributed by atoms with Gasteiger partial charge in [-0.15, -0.1) is 11.3 Å². The average molecular weight is 389 g/mol. The molecular formula is C22H19N3O2S. The highest BCUT2D eigenvalue weighted by Crippen LogP contribution is 2.36. The molecule has 0 saturated carbocycles. The summed E-state index contributed by atoms with van der Waals surface area (Å²) in [5.41, 5.74) is 4.60. The predicted octanol–water partition coefficient (Wildman–Crippen LogP) is 5.16. The minimum absolute atomic E-state index is 0.0364. The zero-order valence-electron chi connectivity index (χ0n) is 15.9. The molecule has 4 aromatic rings. The van der Waals surface area contributed by atoms with Crippen LogP contribution in [0.15, 0.2) is 47.0 Å². The average Bonchev–Trinajstić information content (AvgIpc) is 3.37. The lowest BCUT2D eigenvalue weighted by atomic mass is 10.1. The van der Waals surface area contributed by atoms with Crippen molar-refractivity contribution < 1.29 is 9.32 Å². The summed E-state index contributed by atoms with van der Waals surface area (Å²) in [6.07, 6.45) is 0.857. The molecule has 0 N–H and O–H groups in total. The second-order valence-electron chi connectivity index (χ2n) is 7.27. The summed E-state index contributed by atoms with van der Waals surface area (Å²) in [4.78, 5) is 22.4. The highest BCUT2D eigenvalue weighted by Gasteiger charge is 2.33. The number of hydrogen-bond acceptors (Lipinski definition) is 5. The molecule has 1 atom stereocenters. The SMILES string of the molecule is Cc1ccc(-c2cc(C(=O)N3c4ccccc4C[C@@H]3C)c3c(C)noc3n2)s1. The van der Waals surface area contributed by atoms with Gasteiger partial charge >= 0.3 is 0 Å². The highest BCUT2D eigenvalue weighted by molar-refractivity contribution is 7.15. The minimum atomic E-state index is -0.0364. The van der Waals surface area contributed by atoms with Gasteiger partial charge in [-0.25, -0.2) is 4.98 Å². The number of amides is 1. The van der Waals surface area contributed by atoms with E-state index >= 15 is 0 Å². The number of carbonyl (C=O) groups excluding carboxylic acids is 1. The highest BCUT2D eigenvalue weighted by atomic mass is 32.1. The molecule has 140 valence electrons. The number of hydrogen-bond donors (Lipinski definition) is 0. The molecule has 0 spiro atoms. The van der Waals surface area contributed by atoms with Crippen LogP contribution in [0.2, 0.25) is 0 Å². The fourth-order valence-corrected chi connectivity index (χ4v) is 4.79. The number of nitrogens with zero attached hydrogens (tertiary/aromatic N) is 3. The van der Waals surface area contributed by atoms with E-state index in [1.165, 1.54) is 10.4 Å². The molecule has 3 aromatic heterocycles. The Morgan fingerprint density at radius 3 is 2.82 bits per heavy atom. The Morgan fingerprint density at radius 1 is 1.21 bits per heavy atom. The molecule has 0 saturated heterocycles. The number of rotatable bonds is 2. The molecule has 0 fully saturated rings. The van der Waals surface area contributed by atoms with Gasteiger partial charge in [0.25, 0.3) is 11.6 Å². The Balaban J connectivity index is 1.69. The van der Waals surface area contributed by atoms with Crippen molar-refractivity contribution >= 4 is 34.0 Å². The maximum Gasteiger partial charge on any atom is 0.259 e. The molecule has 1 amide bonds. The maximum absolute atomic E-state index is 13.7. The summed E-state index contributed by atoms with van der Waals surface area (Å²) in [6, 6.07) is 14.2. The number of aromatic nitrogens is 2. The zero-order valence-corrected chi connectivity index (χ0v) is 16.7. The van der Waals surface area contributed by atoms with E-state index in [-0.39, 0.29) is 11.9 Å². The van der Waals surface area contributed by atoms with E-state index in [4.69, 9.17) is 4.52 Å². The van der Waals surface area contributed by atoms with Crippen LogP contribution in [0.5, 0.6) is 0 Å². The molecule has 0 radical (unpaired) electrons. The summed E-state index contributed by atoms with van der Waals surface area (Å²) in [6.45, 7) is 5.99. The molecule has 0 bridgehead atoms. The van der Waals surface area contributed by atoms with Crippen LogP contribution in [0.25, 0.3) is 21.7 Å². The number of fused-ring (bicyclic) bond motifs is 2. The molecule has 1 aliphatic rings. The first-order valence-corrected chi connectivity index (χ1v) is 10.1. The van der Waals surface area contributed by atoms with Crippen LogP contribution < -0.4 is 4.90 Å². The number of benzene rings is 1. The molecule has 28 heavy (non-hydrogen) atoms. The summed E-state index contributed by atoms with van der Waals surface area (Å²) in [5, 5.41) is 4.76. The van der Waals surface area contributed by atoms with Crippen molar-refractivity contribution in [1.82, 2.24) is 10.1 Å². The van der Waals surface area contributed by atoms with E-state index in [0.29, 0.717) is 22.4 Å². The fourth-order valence-electron chi connectivity index (χ4n) is 3.97. The number of pyridine rings is 1. The van der Waals surface area contributed by atoms with Gasteiger partial charge in [0.05, 0.1) is 27.2 Å². The van der Waals surface area contributed by atoms with Crippen molar-refractivity contribution in [2.45, 2.75) is 33.2 Å². The molecule has 5 nitrogen and oxygen atoms in total. The van der Waals surface area contributed by atoms with Gasteiger partial charge in [-0.3, -0.25) is 4.79 Å². The lowest BCUT2D eigenvalue weighted by molar-refractivity contribution is 0.0983.